The van der Waals surface area contributed by atoms with Gasteiger partial charge in [0.25, 0.3) is 0 Å². The molecule has 3 N–H and O–H groups in total. The summed E-state index contributed by atoms with van der Waals surface area (Å²) in [7, 11) is 2.16. The maximum atomic E-state index is 13.3. The van der Waals surface area contributed by atoms with Crippen molar-refractivity contribution in [3.8, 4) is 11.3 Å². The molecule has 1 fully saturated rings. The van der Waals surface area contributed by atoms with E-state index in [9.17, 15) is 4.79 Å². The van der Waals surface area contributed by atoms with Crippen LogP contribution in [0.5, 0.6) is 0 Å². The minimum absolute atomic E-state index is 0.0609. The van der Waals surface area contributed by atoms with Gasteiger partial charge < -0.3 is 10.2 Å². The number of aromatic amines is 2. The third-order valence-electron chi connectivity index (χ3n) is 8.39. The zero-order valence-electron chi connectivity index (χ0n) is 21.6. The summed E-state index contributed by atoms with van der Waals surface area (Å²) < 4.78 is 0. The lowest BCUT2D eigenvalue weighted by atomic mass is 9.79. The van der Waals surface area contributed by atoms with E-state index in [0.29, 0.717) is 13.0 Å². The molecule has 9 nitrogen and oxygen atoms in total. The quantitative estimate of drug-likeness (QED) is 0.337. The van der Waals surface area contributed by atoms with E-state index in [2.05, 4.69) is 66.8 Å². The molecule has 38 heavy (non-hydrogen) atoms. The van der Waals surface area contributed by atoms with Crippen molar-refractivity contribution in [2.75, 3.05) is 46.3 Å². The Morgan fingerprint density at radius 3 is 2.74 bits per heavy atom. The molecule has 7 rings (SSSR count). The standard InChI is InChI=1S/C29H32N8O/c1-36-10-12-37(13-11-36)9-8-30-29(38)19-2-4-21-22(15-19)28(18-3-5-24-20(14-18)16-31-34-24)33-26-7-6-25-23(27(21)26)17-32-35-25/h3,5-7,14,16-17,19H,2,4,8-13,15H2,1H3,(H,30,38)(H,31,34)(H,32,35). The number of likely N-dealkylation sites (N-methyl/N-ethyl adjacent to an activating group) is 1. The fraction of sp³-hybridized carbons (Fsp3) is 0.379. The number of hydrogen-bond acceptors (Lipinski definition) is 6. The lowest BCUT2D eigenvalue weighted by Crippen LogP contribution is -2.47. The number of aryl methyl sites for hydroxylation is 1. The van der Waals surface area contributed by atoms with Gasteiger partial charge in [-0.05, 0) is 61.7 Å². The van der Waals surface area contributed by atoms with E-state index in [-0.39, 0.29) is 11.8 Å². The van der Waals surface area contributed by atoms with Crippen molar-refractivity contribution in [2.45, 2.75) is 19.3 Å². The van der Waals surface area contributed by atoms with E-state index in [0.717, 1.165) is 89.5 Å². The van der Waals surface area contributed by atoms with Crippen LogP contribution in [0, 0.1) is 5.92 Å². The zero-order valence-corrected chi connectivity index (χ0v) is 21.6. The van der Waals surface area contributed by atoms with Crippen LogP contribution in [0.4, 0.5) is 0 Å². The van der Waals surface area contributed by atoms with Gasteiger partial charge in [-0.15, -0.1) is 0 Å². The lowest BCUT2D eigenvalue weighted by molar-refractivity contribution is -0.125. The van der Waals surface area contributed by atoms with Crippen molar-refractivity contribution >= 4 is 38.6 Å². The summed E-state index contributed by atoms with van der Waals surface area (Å²) in [6.07, 6.45) is 6.11. The van der Waals surface area contributed by atoms with Gasteiger partial charge in [0.1, 0.15) is 0 Å². The normalized spacial score (nSPS) is 18.8. The third-order valence-corrected chi connectivity index (χ3v) is 8.39. The van der Waals surface area contributed by atoms with Crippen molar-refractivity contribution in [1.82, 2.24) is 40.5 Å². The highest BCUT2D eigenvalue weighted by atomic mass is 16.1. The maximum Gasteiger partial charge on any atom is 0.223 e. The molecule has 0 bridgehead atoms. The van der Waals surface area contributed by atoms with Crippen LogP contribution in [0.3, 0.4) is 0 Å². The van der Waals surface area contributed by atoms with Crippen LogP contribution < -0.4 is 5.32 Å². The van der Waals surface area contributed by atoms with Crippen LogP contribution in [-0.4, -0.2) is 87.4 Å². The van der Waals surface area contributed by atoms with Gasteiger partial charge in [0.05, 0.1) is 34.6 Å². The highest BCUT2D eigenvalue weighted by molar-refractivity contribution is 6.08. The first kappa shape index (κ1) is 23.3. The number of amides is 1. The summed E-state index contributed by atoms with van der Waals surface area (Å²) in [5.41, 5.74) is 7.48. The number of benzene rings is 2. The molecule has 0 spiro atoms. The Bertz CT molecular complexity index is 1650. The lowest BCUT2D eigenvalue weighted by Gasteiger charge is -2.32. The van der Waals surface area contributed by atoms with Crippen molar-refractivity contribution in [3.63, 3.8) is 0 Å². The monoisotopic (exact) mass is 508 g/mol. The topological polar surface area (TPSA) is 106 Å². The number of aromatic nitrogens is 5. The van der Waals surface area contributed by atoms with E-state index < -0.39 is 0 Å². The first-order valence-electron chi connectivity index (χ1n) is 13.5. The molecule has 4 heterocycles. The Balaban J connectivity index is 1.21. The number of nitrogens with zero attached hydrogens (tertiary/aromatic N) is 5. The molecule has 0 saturated carbocycles. The van der Waals surface area contributed by atoms with Crippen LogP contribution in [0.25, 0.3) is 44.0 Å². The second-order valence-electron chi connectivity index (χ2n) is 10.8. The van der Waals surface area contributed by atoms with Gasteiger partial charge in [0.15, 0.2) is 0 Å². The molecule has 2 aliphatic rings. The SMILES string of the molecule is CN1CCN(CCNC(=O)C2CCc3c(c(-c4ccc5[nH]ncc5c4)nc4ccc5[nH]ncc5c34)C2)CC1. The summed E-state index contributed by atoms with van der Waals surface area (Å²) in [6, 6.07) is 10.4. The molecular formula is C29H32N8O. The average molecular weight is 509 g/mol. The molecule has 1 aliphatic heterocycles. The van der Waals surface area contributed by atoms with Crippen molar-refractivity contribution in [1.29, 1.82) is 0 Å². The number of hydrogen-bond donors (Lipinski definition) is 3. The van der Waals surface area contributed by atoms with Gasteiger partial charge in [-0.3, -0.25) is 19.9 Å². The van der Waals surface area contributed by atoms with Crippen LogP contribution in [0.2, 0.25) is 0 Å². The summed E-state index contributed by atoms with van der Waals surface area (Å²) in [5.74, 6) is 0.0943. The number of nitrogens with one attached hydrogen (secondary N) is 3. The summed E-state index contributed by atoms with van der Waals surface area (Å²) in [6.45, 7) is 5.91. The summed E-state index contributed by atoms with van der Waals surface area (Å²) in [4.78, 5) is 23.3. The van der Waals surface area contributed by atoms with Gasteiger partial charge in [-0.25, -0.2) is 4.98 Å². The Morgan fingerprint density at radius 1 is 1.03 bits per heavy atom. The number of H-pyrrole nitrogens is 2. The fourth-order valence-corrected chi connectivity index (χ4v) is 6.17. The van der Waals surface area contributed by atoms with E-state index in [1.54, 1.807) is 0 Å². The number of carbonyl (C=O) groups excluding carboxylic acids is 1. The molecule has 1 aliphatic carbocycles. The van der Waals surface area contributed by atoms with Gasteiger partial charge in [-0.1, -0.05) is 6.07 Å². The first-order valence-corrected chi connectivity index (χ1v) is 13.5. The maximum absolute atomic E-state index is 13.3. The second-order valence-corrected chi connectivity index (χ2v) is 10.8. The van der Waals surface area contributed by atoms with Crippen LogP contribution in [-0.2, 0) is 17.6 Å². The van der Waals surface area contributed by atoms with Gasteiger partial charge in [-0.2, -0.15) is 10.2 Å². The molecule has 1 atom stereocenters. The molecule has 2 aromatic carbocycles. The zero-order chi connectivity index (χ0) is 25.6. The number of carbonyl (C=O) groups is 1. The molecule has 9 heteroatoms. The first-order chi connectivity index (χ1) is 18.6. The molecular weight excluding hydrogens is 476 g/mol. The van der Waals surface area contributed by atoms with E-state index in [1.807, 2.05) is 18.5 Å². The molecule has 3 aromatic heterocycles. The molecule has 1 saturated heterocycles. The largest absolute Gasteiger partial charge is 0.355 e. The highest BCUT2D eigenvalue weighted by Crippen LogP contribution is 2.39. The Labute approximate surface area is 220 Å². The van der Waals surface area contributed by atoms with Crippen LogP contribution in [0.1, 0.15) is 17.5 Å². The molecule has 194 valence electrons. The molecule has 1 amide bonds. The molecule has 5 aromatic rings. The Kier molecular flexibility index (Phi) is 5.82. The van der Waals surface area contributed by atoms with Gasteiger partial charge in [0.2, 0.25) is 5.91 Å². The van der Waals surface area contributed by atoms with Crippen molar-refractivity contribution in [2.24, 2.45) is 5.92 Å². The van der Waals surface area contributed by atoms with E-state index in [4.69, 9.17) is 4.98 Å². The smallest absolute Gasteiger partial charge is 0.223 e. The van der Waals surface area contributed by atoms with Gasteiger partial charge in [0, 0.05) is 66.9 Å². The van der Waals surface area contributed by atoms with E-state index >= 15 is 0 Å². The van der Waals surface area contributed by atoms with Gasteiger partial charge >= 0.3 is 0 Å². The van der Waals surface area contributed by atoms with Crippen molar-refractivity contribution < 1.29 is 4.79 Å². The minimum atomic E-state index is -0.0609. The fourth-order valence-electron chi connectivity index (χ4n) is 6.17. The van der Waals surface area contributed by atoms with E-state index in [1.165, 1.54) is 11.1 Å². The highest BCUT2D eigenvalue weighted by Gasteiger charge is 2.30. The Morgan fingerprint density at radius 2 is 1.84 bits per heavy atom. The van der Waals surface area contributed by atoms with Crippen LogP contribution >= 0.6 is 0 Å². The van der Waals surface area contributed by atoms with Crippen LogP contribution in [0.15, 0.2) is 42.7 Å². The Hall–Kier alpha value is -3.82. The second kappa shape index (κ2) is 9.49. The minimum Gasteiger partial charge on any atom is -0.355 e. The van der Waals surface area contributed by atoms with Crippen molar-refractivity contribution in [3.05, 3.63) is 53.9 Å². The summed E-state index contributed by atoms with van der Waals surface area (Å²) in [5, 5.41) is 21.2. The number of pyridine rings is 1. The predicted octanol–water partition coefficient (Wildman–Crippen LogP) is 3.12. The number of fused-ring (bicyclic) bond motifs is 6. The predicted molar refractivity (Wildman–Crippen MR) is 149 cm³/mol. The third kappa shape index (κ3) is 4.12. The number of rotatable bonds is 5. The molecule has 0 radical (unpaired) electrons. The summed E-state index contributed by atoms with van der Waals surface area (Å²) >= 11 is 0. The number of piperazine rings is 1. The molecule has 1 unspecified atom stereocenters. The average Bonchev–Trinajstić information content (AvgIpc) is 3.62.